The molecule has 0 aliphatic rings. The highest BCUT2D eigenvalue weighted by Gasteiger charge is 2.19. The first-order chi connectivity index (χ1) is 14.1. The Morgan fingerprint density at radius 3 is 2.79 bits per heavy atom. The minimum atomic E-state index is -0.155. The summed E-state index contributed by atoms with van der Waals surface area (Å²) in [6.07, 6.45) is 8.01. The summed E-state index contributed by atoms with van der Waals surface area (Å²) in [5, 5.41) is 8.45. The van der Waals surface area contributed by atoms with E-state index in [1.165, 1.54) is 19.3 Å². The van der Waals surface area contributed by atoms with Gasteiger partial charge in [-0.15, -0.1) is 10.2 Å². The average Bonchev–Trinajstić information content (AvgIpc) is 3.11. The number of rotatable bonds is 9. The van der Waals surface area contributed by atoms with Crippen LogP contribution in [0, 0.1) is 6.92 Å². The molecule has 0 bridgehead atoms. The fourth-order valence-electron chi connectivity index (χ4n) is 3.06. The van der Waals surface area contributed by atoms with Crippen LogP contribution in [-0.2, 0) is 0 Å². The van der Waals surface area contributed by atoms with Crippen LogP contribution in [0.25, 0.3) is 5.69 Å². The predicted octanol–water partition coefficient (Wildman–Crippen LogP) is 4.96. The average molecular weight is 454 g/mol. The fourth-order valence-corrected chi connectivity index (χ4v) is 3.42. The number of hydrogen-bond acceptors (Lipinski definition) is 5. The molecule has 29 heavy (non-hydrogen) atoms. The third kappa shape index (κ3) is 5.23. The standard InChI is InChI=1S/C22H24BrN5O/c1-3-4-5-7-12-24-15-21-27-26-16(2)28(21)20-11-10-17(23)14-18(20)22(29)19-9-6-8-13-25-19/h6,8-11,13-15H,3-5,7,12H2,1-2H3. The third-order valence-electron chi connectivity index (χ3n) is 4.54. The van der Waals surface area contributed by atoms with Gasteiger partial charge in [-0.25, -0.2) is 0 Å². The summed E-state index contributed by atoms with van der Waals surface area (Å²) in [4.78, 5) is 21.8. The maximum absolute atomic E-state index is 13.1. The number of ketones is 1. The second-order valence-corrected chi connectivity index (χ2v) is 7.66. The first-order valence-electron chi connectivity index (χ1n) is 9.79. The van der Waals surface area contributed by atoms with E-state index in [-0.39, 0.29) is 5.78 Å². The number of benzene rings is 1. The number of nitrogens with zero attached hydrogens (tertiary/aromatic N) is 5. The van der Waals surface area contributed by atoms with Crippen LogP contribution in [0.3, 0.4) is 0 Å². The van der Waals surface area contributed by atoms with Crippen molar-refractivity contribution in [1.82, 2.24) is 19.7 Å². The van der Waals surface area contributed by atoms with E-state index in [9.17, 15) is 4.79 Å². The molecule has 0 aliphatic heterocycles. The largest absolute Gasteiger partial charge is 0.289 e. The van der Waals surface area contributed by atoms with E-state index >= 15 is 0 Å². The zero-order valence-electron chi connectivity index (χ0n) is 16.7. The van der Waals surface area contributed by atoms with Crippen LogP contribution in [0.4, 0.5) is 0 Å². The number of carbonyl (C=O) groups excluding carboxylic acids is 1. The Balaban J connectivity index is 1.94. The highest BCUT2D eigenvalue weighted by Crippen LogP contribution is 2.24. The van der Waals surface area contributed by atoms with Crippen LogP contribution < -0.4 is 0 Å². The van der Waals surface area contributed by atoms with E-state index in [1.54, 1.807) is 36.7 Å². The summed E-state index contributed by atoms with van der Waals surface area (Å²) in [6.45, 7) is 4.81. The Morgan fingerprint density at radius 1 is 1.17 bits per heavy atom. The fraction of sp³-hybridized carbons (Fsp3) is 0.318. The molecule has 0 unspecified atom stereocenters. The van der Waals surface area contributed by atoms with Gasteiger partial charge in [0, 0.05) is 22.8 Å². The minimum Gasteiger partial charge on any atom is -0.289 e. The van der Waals surface area contributed by atoms with Gasteiger partial charge < -0.3 is 0 Å². The summed E-state index contributed by atoms with van der Waals surface area (Å²) >= 11 is 3.47. The molecule has 0 saturated heterocycles. The number of aliphatic imine (C=N–C) groups is 1. The van der Waals surface area contributed by atoms with Crippen molar-refractivity contribution in [2.45, 2.75) is 39.5 Å². The SMILES string of the molecule is CCCCCCN=Cc1nnc(C)n1-c1ccc(Br)cc1C(=O)c1ccccn1. The van der Waals surface area contributed by atoms with Gasteiger partial charge in [0.05, 0.1) is 11.9 Å². The van der Waals surface area contributed by atoms with E-state index in [4.69, 9.17) is 0 Å². The molecule has 0 N–H and O–H groups in total. The lowest BCUT2D eigenvalue weighted by molar-refractivity contribution is 0.103. The van der Waals surface area contributed by atoms with Crippen molar-refractivity contribution in [3.8, 4) is 5.69 Å². The van der Waals surface area contributed by atoms with Gasteiger partial charge in [-0.05, 0) is 43.7 Å². The Bertz CT molecular complexity index is 998. The van der Waals surface area contributed by atoms with Crippen LogP contribution in [0.1, 0.15) is 60.3 Å². The molecule has 0 fully saturated rings. The molecule has 6 nitrogen and oxygen atoms in total. The number of hydrogen-bond donors (Lipinski definition) is 0. The predicted molar refractivity (Wildman–Crippen MR) is 118 cm³/mol. The Labute approximate surface area is 179 Å². The highest BCUT2D eigenvalue weighted by atomic mass is 79.9. The number of carbonyl (C=O) groups is 1. The Morgan fingerprint density at radius 2 is 2.03 bits per heavy atom. The monoisotopic (exact) mass is 453 g/mol. The number of unbranched alkanes of at least 4 members (excludes halogenated alkanes) is 3. The topological polar surface area (TPSA) is 73.0 Å². The first kappa shape index (κ1) is 21.0. The molecule has 7 heteroatoms. The zero-order valence-corrected chi connectivity index (χ0v) is 18.3. The Hall–Kier alpha value is -2.67. The first-order valence-corrected chi connectivity index (χ1v) is 10.6. The van der Waals surface area contributed by atoms with Gasteiger partial charge in [-0.1, -0.05) is 48.2 Å². The number of aromatic nitrogens is 4. The second-order valence-electron chi connectivity index (χ2n) is 6.74. The van der Waals surface area contributed by atoms with Crippen LogP contribution in [-0.4, -0.2) is 38.3 Å². The maximum atomic E-state index is 13.1. The summed E-state index contributed by atoms with van der Waals surface area (Å²) in [6, 6.07) is 10.9. The Kier molecular flexibility index (Phi) is 7.41. The molecule has 0 saturated carbocycles. The van der Waals surface area contributed by atoms with E-state index < -0.39 is 0 Å². The van der Waals surface area contributed by atoms with E-state index in [2.05, 4.69) is 43.0 Å². The van der Waals surface area contributed by atoms with Crippen molar-refractivity contribution in [2.24, 2.45) is 4.99 Å². The van der Waals surface area contributed by atoms with Gasteiger partial charge >= 0.3 is 0 Å². The number of aryl methyl sites for hydroxylation is 1. The van der Waals surface area contributed by atoms with E-state index in [1.807, 2.05) is 23.6 Å². The van der Waals surface area contributed by atoms with Crippen LogP contribution in [0.15, 0.2) is 52.1 Å². The lowest BCUT2D eigenvalue weighted by Crippen LogP contribution is -2.12. The molecule has 150 valence electrons. The van der Waals surface area contributed by atoms with Gasteiger partial charge in [0.2, 0.25) is 5.78 Å². The van der Waals surface area contributed by atoms with Crippen molar-refractivity contribution < 1.29 is 4.79 Å². The summed E-state index contributed by atoms with van der Waals surface area (Å²) in [5.74, 6) is 1.14. The normalized spacial score (nSPS) is 11.3. The molecule has 3 aromatic rings. The lowest BCUT2D eigenvalue weighted by atomic mass is 10.1. The molecule has 0 spiro atoms. The molecular weight excluding hydrogens is 430 g/mol. The van der Waals surface area contributed by atoms with Crippen molar-refractivity contribution in [3.05, 3.63) is 70.0 Å². The molecule has 3 rings (SSSR count). The number of pyridine rings is 1. The summed E-state index contributed by atoms with van der Waals surface area (Å²) < 4.78 is 2.68. The molecule has 2 aromatic heterocycles. The molecule has 0 radical (unpaired) electrons. The third-order valence-corrected chi connectivity index (χ3v) is 5.03. The van der Waals surface area contributed by atoms with E-state index in [0.29, 0.717) is 28.6 Å². The molecule has 0 aliphatic carbocycles. The maximum Gasteiger partial charge on any atom is 0.213 e. The van der Waals surface area contributed by atoms with Crippen LogP contribution >= 0.6 is 15.9 Å². The molecule has 0 atom stereocenters. The van der Waals surface area contributed by atoms with Gasteiger partial charge in [0.1, 0.15) is 11.5 Å². The molecule has 0 amide bonds. The van der Waals surface area contributed by atoms with Crippen molar-refractivity contribution in [3.63, 3.8) is 0 Å². The van der Waals surface area contributed by atoms with Gasteiger partial charge in [-0.3, -0.25) is 19.3 Å². The lowest BCUT2D eigenvalue weighted by Gasteiger charge is -2.12. The van der Waals surface area contributed by atoms with Crippen molar-refractivity contribution in [2.75, 3.05) is 6.54 Å². The van der Waals surface area contributed by atoms with Crippen molar-refractivity contribution >= 4 is 27.9 Å². The highest BCUT2D eigenvalue weighted by molar-refractivity contribution is 9.10. The van der Waals surface area contributed by atoms with E-state index in [0.717, 1.165) is 17.4 Å². The summed E-state index contributed by atoms with van der Waals surface area (Å²) in [5.41, 5.74) is 1.63. The molecule has 1 aromatic carbocycles. The second kappa shape index (κ2) is 10.2. The van der Waals surface area contributed by atoms with Gasteiger partial charge in [0.25, 0.3) is 0 Å². The van der Waals surface area contributed by atoms with Crippen LogP contribution in [0.5, 0.6) is 0 Å². The smallest absolute Gasteiger partial charge is 0.213 e. The molecular formula is C22H24BrN5O. The molecule has 2 heterocycles. The number of halogens is 1. The zero-order chi connectivity index (χ0) is 20.6. The van der Waals surface area contributed by atoms with Crippen LogP contribution in [0.2, 0.25) is 0 Å². The van der Waals surface area contributed by atoms with Gasteiger partial charge in [0.15, 0.2) is 5.82 Å². The van der Waals surface area contributed by atoms with Crippen molar-refractivity contribution in [1.29, 1.82) is 0 Å². The summed E-state index contributed by atoms with van der Waals surface area (Å²) in [7, 11) is 0. The van der Waals surface area contributed by atoms with Gasteiger partial charge in [-0.2, -0.15) is 0 Å². The quantitative estimate of drug-likeness (QED) is 0.260. The minimum absolute atomic E-state index is 0.155.